The van der Waals surface area contributed by atoms with Crippen LogP contribution in [0, 0.1) is 0 Å². The number of hydrogen-bond donors (Lipinski definition) is 1. The molecule has 2 fully saturated rings. The van der Waals surface area contributed by atoms with Gasteiger partial charge < -0.3 is 9.47 Å². The van der Waals surface area contributed by atoms with Crippen molar-refractivity contribution in [3.05, 3.63) is 33.9 Å². The highest BCUT2D eigenvalue weighted by Crippen LogP contribution is 2.19. The van der Waals surface area contributed by atoms with Gasteiger partial charge in [0.1, 0.15) is 5.56 Å². The van der Waals surface area contributed by atoms with Gasteiger partial charge in [0.15, 0.2) is 5.65 Å². The first-order valence-corrected chi connectivity index (χ1v) is 9.97. The molecule has 9 heteroatoms. The van der Waals surface area contributed by atoms with E-state index in [0.29, 0.717) is 23.9 Å². The van der Waals surface area contributed by atoms with E-state index in [9.17, 15) is 9.59 Å². The van der Waals surface area contributed by atoms with Crippen LogP contribution in [-0.4, -0.2) is 82.4 Å². The maximum Gasteiger partial charge on any atom is 0.343 e. The highest BCUT2D eigenvalue weighted by atomic mass is 16.5. The van der Waals surface area contributed by atoms with E-state index in [4.69, 9.17) is 9.47 Å². The van der Waals surface area contributed by atoms with Crippen molar-refractivity contribution in [3.63, 3.8) is 0 Å². The molecule has 4 rings (SSSR count). The third-order valence-electron chi connectivity index (χ3n) is 5.47. The van der Waals surface area contributed by atoms with Crippen molar-refractivity contribution in [3.8, 4) is 0 Å². The van der Waals surface area contributed by atoms with E-state index >= 15 is 0 Å². The molecule has 1 N–H and O–H groups in total. The Kier molecular flexibility index (Phi) is 5.74. The molecule has 1 atom stereocenters. The van der Waals surface area contributed by atoms with Gasteiger partial charge in [0, 0.05) is 44.5 Å². The smallest absolute Gasteiger partial charge is 0.343 e. The third kappa shape index (κ3) is 3.96. The Morgan fingerprint density at radius 1 is 1.36 bits per heavy atom. The number of carbonyl (C=O) groups is 1. The van der Waals surface area contributed by atoms with Crippen LogP contribution in [0.15, 0.2) is 17.1 Å². The monoisotopic (exact) mass is 389 g/mol. The molecule has 1 unspecified atom stereocenters. The zero-order chi connectivity index (χ0) is 19.5. The van der Waals surface area contributed by atoms with Crippen molar-refractivity contribution in [2.45, 2.75) is 32.4 Å². The first-order chi connectivity index (χ1) is 13.7. The molecule has 0 bridgehead atoms. The van der Waals surface area contributed by atoms with Crippen LogP contribution >= 0.6 is 0 Å². The van der Waals surface area contributed by atoms with Crippen molar-refractivity contribution >= 4 is 11.6 Å². The van der Waals surface area contributed by atoms with Gasteiger partial charge in [-0.1, -0.05) is 0 Å². The maximum absolute atomic E-state index is 12.4. The summed E-state index contributed by atoms with van der Waals surface area (Å²) in [6.07, 6.45) is 3.79. The number of aromatic nitrogens is 3. The third-order valence-corrected chi connectivity index (χ3v) is 5.47. The van der Waals surface area contributed by atoms with Crippen molar-refractivity contribution in [2.75, 3.05) is 46.0 Å². The number of nitrogens with zero attached hydrogens (tertiary/aromatic N) is 4. The average Bonchev–Trinajstić information content (AvgIpc) is 3.14. The van der Waals surface area contributed by atoms with Gasteiger partial charge in [0.05, 0.1) is 25.5 Å². The Morgan fingerprint density at radius 3 is 2.96 bits per heavy atom. The molecule has 2 aliphatic heterocycles. The fourth-order valence-corrected chi connectivity index (χ4v) is 4.11. The number of ether oxygens (including phenoxy) is 2. The Morgan fingerprint density at radius 2 is 2.18 bits per heavy atom. The lowest BCUT2D eigenvalue weighted by Crippen LogP contribution is -2.51. The van der Waals surface area contributed by atoms with E-state index in [-0.39, 0.29) is 17.7 Å². The molecule has 0 aliphatic carbocycles. The Hall–Kier alpha value is -2.23. The van der Waals surface area contributed by atoms with Gasteiger partial charge in [-0.3, -0.25) is 19.7 Å². The Balaban J connectivity index is 1.51. The van der Waals surface area contributed by atoms with E-state index in [0.717, 1.165) is 45.8 Å². The number of nitrogens with one attached hydrogen (secondary N) is 1. The summed E-state index contributed by atoms with van der Waals surface area (Å²) in [6, 6.07) is 2.06. The van der Waals surface area contributed by atoms with Crippen LogP contribution in [-0.2, 0) is 16.0 Å². The summed E-state index contributed by atoms with van der Waals surface area (Å²) in [7, 11) is 0. The van der Waals surface area contributed by atoms with Gasteiger partial charge >= 0.3 is 5.97 Å². The van der Waals surface area contributed by atoms with Crippen LogP contribution in [0.25, 0.3) is 5.65 Å². The second-order valence-electron chi connectivity index (χ2n) is 7.33. The minimum Gasteiger partial charge on any atom is -0.462 e. The van der Waals surface area contributed by atoms with Crippen LogP contribution in [0.2, 0.25) is 0 Å². The molecule has 9 nitrogen and oxygen atoms in total. The van der Waals surface area contributed by atoms with Crippen molar-refractivity contribution in [1.82, 2.24) is 24.4 Å². The van der Waals surface area contributed by atoms with Gasteiger partial charge in [-0.15, -0.1) is 0 Å². The van der Waals surface area contributed by atoms with E-state index in [1.54, 1.807) is 6.92 Å². The lowest BCUT2D eigenvalue weighted by Gasteiger charge is -2.40. The Bertz CT molecular complexity index is 886. The maximum atomic E-state index is 12.4. The van der Waals surface area contributed by atoms with Gasteiger partial charge in [0.2, 0.25) is 0 Å². The van der Waals surface area contributed by atoms with E-state index in [1.165, 1.54) is 23.2 Å². The number of aromatic amines is 1. The predicted molar refractivity (Wildman–Crippen MR) is 102 cm³/mol. The number of carbonyl (C=O) groups excluding carboxylic acids is 1. The lowest BCUT2D eigenvalue weighted by atomic mass is 10.0. The molecule has 0 amide bonds. The van der Waals surface area contributed by atoms with Gasteiger partial charge in [-0.2, -0.15) is 0 Å². The fourth-order valence-electron chi connectivity index (χ4n) is 4.11. The highest BCUT2D eigenvalue weighted by Gasteiger charge is 2.27. The van der Waals surface area contributed by atoms with E-state index in [2.05, 4.69) is 19.9 Å². The van der Waals surface area contributed by atoms with Crippen LogP contribution in [0.3, 0.4) is 0 Å². The van der Waals surface area contributed by atoms with Crippen molar-refractivity contribution in [2.24, 2.45) is 0 Å². The predicted octanol–water partition coefficient (Wildman–Crippen LogP) is 0.496. The van der Waals surface area contributed by atoms with E-state index in [1.807, 2.05) is 0 Å². The second-order valence-corrected chi connectivity index (χ2v) is 7.33. The Labute approximate surface area is 163 Å². The molecular formula is C19H27N5O4. The normalized spacial score (nSPS) is 21.8. The second kappa shape index (κ2) is 8.42. The molecule has 2 aromatic heterocycles. The summed E-state index contributed by atoms with van der Waals surface area (Å²) in [5.74, 6) is -0.476. The van der Waals surface area contributed by atoms with Gasteiger partial charge in [-0.25, -0.2) is 14.3 Å². The number of hydrogen-bond acceptors (Lipinski definition) is 7. The summed E-state index contributed by atoms with van der Waals surface area (Å²) >= 11 is 0. The number of piperidine rings is 1. The molecule has 2 aliphatic rings. The summed E-state index contributed by atoms with van der Waals surface area (Å²) in [4.78, 5) is 34.0. The number of likely N-dealkylation sites (tertiary alicyclic amines) is 1. The molecule has 0 radical (unpaired) electrons. The zero-order valence-electron chi connectivity index (χ0n) is 16.2. The summed E-state index contributed by atoms with van der Waals surface area (Å²) in [5.41, 5.74) is 1.06. The minimum absolute atomic E-state index is 0.225. The SMILES string of the molecule is CCOC(=O)c1c[nH]n2c(=O)cc(CN3CCCC(N4CCOCC4)C3)nc12. The van der Waals surface area contributed by atoms with E-state index < -0.39 is 5.97 Å². The quantitative estimate of drug-likeness (QED) is 0.745. The molecule has 28 heavy (non-hydrogen) atoms. The molecule has 0 aromatic carbocycles. The number of fused-ring (bicyclic) bond motifs is 1. The fraction of sp³-hybridized carbons (Fsp3) is 0.632. The number of H-pyrrole nitrogens is 1. The van der Waals surface area contributed by atoms with Crippen LogP contribution in [0.4, 0.5) is 0 Å². The molecule has 2 saturated heterocycles. The van der Waals surface area contributed by atoms with Crippen molar-refractivity contribution in [1.29, 1.82) is 0 Å². The van der Waals surface area contributed by atoms with Crippen molar-refractivity contribution < 1.29 is 14.3 Å². The summed E-state index contributed by atoms with van der Waals surface area (Å²) in [5, 5.41) is 2.79. The van der Waals surface area contributed by atoms with Gasteiger partial charge in [0.25, 0.3) is 5.56 Å². The first kappa shape index (κ1) is 19.1. The highest BCUT2D eigenvalue weighted by molar-refractivity contribution is 5.95. The summed E-state index contributed by atoms with van der Waals surface area (Å²) in [6.45, 7) is 8.13. The largest absolute Gasteiger partial charge is 0.462 e. The molecule has 2 aromatic rings. The zero-order valence-corrected chi connectivity index (χ0v) is 16.2. The van der Waals surface area contributed by atoms with Gasteiger partial charge in [-0.05, 0) is 26.3 Å². The number of esters is 1. The van der Waals surface area contributed by atoms with Crippen LogP contribution < -0.4 is 5.56 Å². The minimum atomic E-state index is -0.476. The molecule has 152 valence electrons. The lowest BCUT2D eigenvalue weighted by molar-refractivity contribution is -0.00372. The number of rotatable bonds is 5. The topological polar surface area (TPSA) is 92.2 Å². The standard InChI is InChI=1S/C19H27N5O4/c1-2-28-19(26)16-11-20-24-17(25)10-14(21-18(16)24)12-22-5-3-4-15(13-22)23-6-8-27-9-7-23/h10-11,15,20H,2-9,12-13H2,1H3. The average molecular weight is 389 g/mol. The summed E-state index contributed by atoms with van der Waals surface area (Å²) < 4.78 is 11.8. The molecule has 0 spiro atoms. The molecular weight excluding hydrogens is 362 g/mol. The number of morpholine rings is 1. The molecule has 0 saturated carbocycles. The first-order valence-electron chi connectivity index (χ1n) is 9.97. The van der Waals surface area contributed by atoms with Crippen LogP contribution in [0.5, 0.6) is 0 Å². The molecule has 4 heterocycles. The van der Waals surface area contributed by atoms with Crippen LogP contribution in [0.1, 0.15) is 35.8 Å².